The quantitative estimate of drug-likeness (QED) is 0.723. The second-order valence-corrected chi connectivity index (χ2v) is 7.01. The number of aromatic carboxylic acids is 1. The van der Waals surface area contributed by atoms with E-state index in [0.717, 1.165) is 17.0 Å². The minimum Gasteiger partial charge on any atom is -0.489 e. The number of aromatic nitrogens is 1. The Bertz CT molecular complexity index is 781. The van der Waals surface area contributed by atoms with Crippen LogP contribution in [0.15, 0.2) is 22.7 Å². The van der Waals surface area contributed by atoms with Crippen LogP contribution in [0, 0.1) is 13.8 Å². The van der Waals surface area contributed by atoms with Crippen molar-refractivity contribution in [2.45, 2.75) is 39.6 Å². The van der Waals surface area contributed by atoms with Gasteiger partial charge in [-0.05, 0) is 45.9 Å². The Labute approximate surface area is 156 Å². The molecule has 8 heteroatoms. The van der Waals surface area contributed by atoms with E-state index in [4.69, 9.17) is 14.4 Å². The number of benzene rings is 1. The van der Waals surface area contributed by atoms with Crippen molar-refractivity contribution < 1.29 is 24.0 Å². The number of amides is 1. The molecule has 0 radical (unpaired) electrons. The number of nitrogens with zero attached hydrogens (tertiary/aromatic N) is 1. The third-order valence-electron chi connectivity index (χ3n) is 3.52. The topological polar surface area (TPSA) is 102 Å². The summed E-state index contributed by atoms with van der Waals surface area (Å²) in [5.74, 6) is 0.704. The van der Waals surface area contributed by atoms with Crippen LogP contribution < -0.4 is 10.1 Å². The molecule has 0 aliphatic carbocycles. The number of aryl methyl sites for hydroxylation is 2. The average molecular weight is 378 g/mol. The number of thioether (sulfide) groups is 1. The highest BCUT2D eigenvalue weighted by atomic mass is 32.2. The Hall–Kier alpha value is -2.48. The van der Waals surface area contributed by atoms with E-state index in [0.29, 0.717) is 17.2 Å². The van der Waals surface area contributed by atoms with E-state index >= 15 is 0 Å². The molecule has 1 amide bonds. The van der Waals surface area contributed by atoms with Crippen LogP contribution in [0.1, 0.15) is 41.2 Å². The van der Waals surface area contributed by atoms with Gasteiger partial charge in [-0.1, -0.05) is 5.16 Å². The first-order valence-corrected chi connectivity index (χ1v) is 9.26. The molecule has 2 rings (SSSR count). The molecule has 1 aromatic heterocycles. The van der Waals surface area contributed by atoms with Gasteiger partial charge in [0.2, 0.25) is 5.91 Å². The summed E-state index contributed by atoms with van der Waals surface area (Å²) in [6, 6.07) is 4.40. The number of carboxylic acid groups (broad SMARTS) is 1. The predicted octanol–water partition coefficient (Wildman–Crippen LogP) is 3.65. The van der Waals surface area contributed by atoms with E-state index in [-0.39, 0.29) is 23.3 Å². The molecule has 0 bridgehead atoms. The molecule has 1 aromatic carbocycles. The maximum atomic E-state index is 12.3. The average Bonchev–Trinajstić information content (AvgIpc) is 2.87. The highest BCUT2D eigenvalue weighted by Gasteiger charge is 2.14. The molecule has 0 aliphatic rings. The minimum atomic E-state index is -1.07. The van der Waals surface area contributed by atoms with Crippen LogP contribution in [-0.4, -0.2) is 34.0 Å². The summed E-state index contributed by atoms with van der Waals surface area (Å²) in [5.41, 5.74) is 2.23. The summed E-state index contributed by atoms with van der Waals surface area (Å²) in [4.78, 5) is 23.4. The van der Waals surface area contributed by atoms with Crippen LogP contribution in [0.4, 0.5) is 5.69 Å². The molecule has 26 heavy (non-hydrogen) atoms. The van der Waals surface area contributed by atoms with Crippen LogP contribution in [-0.2, 0) is 10.5 Å². The molecule has 0 unspecified atom stereocenters. The van der Waals surface area contributed by atoms with Crippen molar-refractivity contribution in [2.75, 3.05) is 11.1 Å². The Balaban J connectivity index is 2.02. The van der Waals surface area contributed by atoms with Crippen LogP contribution in [0.2, 0.25) is 0 Å². The summed E-state index contributed by atoms with van der Waals surface area (Å²) in [6.45, 7) is 7.41. The van der Waals surface area contributed by atoms with E-state index in [9.17, 15) is 9.59 Å². The summed E-state index contributed by atoms with van der Waals surface area (Å²) < 4.78 is 10.7. The fraction of sp³-hybridized carbons (Fsp3) is 0.389. The van der Waals surface area contributed by atoms with E-state index in [1.807, 2.05) is 27.7 Å². The molecule has 0 fully saturated rings. The van der Waals surface area contributed by atoms with Gasteiger partial charge in [0.1, 0.15) is 11.5 Å². The lowest BCUT2D eigenvalue weighted by atomic mass is 10.2. The summed E-state index contributed by atoms with van der Waals surface area (Å²) >= 11 is 1.43. The molecule has 7 nitrogen and oxygen atoms in total. The van der Waals surface area contributed by atoms with Crippen molar-refractivity contribution in [1.29, 1.82) is 0 Å². The van der Waals surface area contributed by atoms with Crippen LogP contribution in [0.3, 0.4) is 0 Å². The Morgan fingerprint density at radius 2 is 2.08 bits per heavy atom. The van der Waals surface area contributed by atoms with Gasteiger partial charge < -0.3 is 19.7 Å². The molecule has 2 aromatic rings. The van der Waals surface area contributed by atoms with Crippen molar-refractivity contribution >= 4 is 29.3 Å². The molecular weight excluding hydrogens is 356 g/mol. The zero-order chi connectivity index (χ0) is 19.3. The zero-order valence-electron chi connectivity index (χ0n) is 15.2. The number of anilines is 1. The molecule has 0 atom stereocenters. The number of nitrogens with one attached hydrogen (secondary N) is 1. The van der Waals surface area contributed by atoms with E-state index < -0.39 is 5.97 Å². The van der Waals surface area contributed by atoms with Gasteiger partial charge in [0.25, 0.3) is 0 Å². The molecule has 0 saturated heterocycles. The third-order valence-corrected chi connectivity index (χ3v) is 4.48. The standard InChI is InChI=1S/C18H22N2O5S/c1-10(2)24-16-6-5-13(18(22)23)7-15(16)19-17(21)9-26-8-14-11(3)20-25-12(14)4/h5-7,10H,8-9H2,1-4H3,(H,19,21)(H,22,23). The zero-order valence-corrected chi connectivity index (χ0v) is 16.0. The van der Waals surface area contributed by atoms with Gasteiger partial charge >= 0.3 is 5.97 Å². The third kappa shape index (κ3) is 5.26. The first kappa shape index (κ1) is 19.8. The number of rotatable bonds is 8. The SMILES string of the molecule is Cc1noc(C)c1CSCC(=O)Nc1cc(C(=O)O)ccc1OC(C)C. The van der Waals surface area contributed by atoms with Crippen molar-refractivity contribution in [1.82, 2.24) is 5.16 Å². The first-order valence-electron chi connectivity index (χ1n) is 8.11. The minimum absolute atomic E-state index is 0.0831. The monoisotopic (exact) mass is 378 g/mol. The lowest BCUT2D eigenvalue weighted by molar-refractivity contribution is -0.113. The predicted molar refractivity (Wildman–Crippen MR) is 99.9 cm³/mol. The molecular formula is C18H22N2O5S. The lowest BCUT2D eigenvalue weighted by Gasteiger charge is -2.15. The molecule has 1 heterocycles. The smallest absolute Gasteiger partial charge is 0.335 e. The highest BCUT2D eigenvalue weighted by Crippen LogP contribution is 2.27. The summed E-state index contributed by atoms with van der Waals surface area (Å²) in [6.07, 6.45) is -0.102. The number of carboxylic acids is 1. The van der Waals surface area contributed by atoms with Gasteiger partial charge in [0.05, 0.1) is 28.8 Å². The number of hydrogen-bond donors (Lipinski definition) is 2. The largest absolute Gasteiger partial charge is 0.489 e. The molecule has 140 valence electrons. The Morgan fingerprint density at radius 3 is 2.65 bits per heavy atom. The van der Waals surface area contributed by atoms with Crippen LogP contribution in [0.5, 0.6) is 5.75 Å². The van der Waals surface area contributed by atoms with Crippen LogP contribution in [0.25, 0.3) is 0 Å². The fourth-order valence-corrected chi connectivity index (χ4v) is 3.23. The Kier molecular flexibility index (Phi) is 6.68. The molecule has 2 N–H and O–H groups in total. The molecule has 0 spiro atoms. The second-order valence-electron chi connectivity index (χ2n) is 6.03. The van der Waals surface area contributed by atoms with E-state index in [2.05, 4.69) is 10.5 Å². The molecule has 0 aliphatic heterocycles. The van der Waals surface area contributed by atoms with Gasteiger partial charge in [-0.2, -0.15) is 0 Å². The lowest BCUT2D eigenvalue weighted by Crippen LogP contribution is -2.17. The van der Waals surface area contributed by atoms with Crippen LogP contribution >= 0.6 is 11.8 Å². The van der Waals surface area contributed by atoms with Crippen molar-refractivity contribution in [3.63, 3.8) is 0 Å². The van der Waals surface area contributed by atoms with Gasteiger partial charge in [-0.25, -0.2) is 4.79 Å². The molecule has 0 saturated carbocycles. The van der Waals surface area contributed by atoms with E-state index in [1.165, 1.54) is 23.9 Å². The summed E-state index contributed by atoms with van der Waals surface area (Å²) in [7, 11) is 0. The van der Waals surface area contributed by atoms with Crippen molar-refractivity contribution in [2.24, 2.45) is 0 Å². The maximum Gasteiger partial charge on any atom is 0.335 e. The number of carbonyl (C=O) groups excluding carboxylic acids is 1. The first-order chi connectivity index (χ1) is 12.3. The van der Waals surface area contributed by atoms with Gasteiger partial charge in [-0.3, -0.25) is 4.79 Å². The highest BCUT2D eigenvalue weighted by molar-refractivity contribution is 7.99. The number of ether oxygens (including phenoxy) is 1. The van der Waals surface area contributed by atoms with Gasteiger partial charge in [0.15, 0.2) is 0 Å². The van der Waals surface area contributed by atoms with E-state index in [1.54, 1.807) is 6.07 Å². The fourth-order valence-electron chi connectivity index (χ4n) is 2.26. The van der Waals surface area contributed by atoms with Crippen molar-refractivity contribution in [3.8, 4) is 5.75 Å². The Morgan fingerprint density at radius 1 is 1.35 bits per heavy atom. The van der Waals surface area contributed by atoms with Gasteiger partial charge in [0, 0.05) is 11.3 Å². The maximum absolute atomic E-state index is 12.3. The summed E-state index contributed by atoms with van der Waals surface area (Å²) in [5, 5.41) is 15.8. The number of hydrogen-bond acceptors (Lipinski definition) is 6. The van der Waals surface area contributed by atoms with Crippen molar-refractivity contribution in [3.05, 3.63) is 40.8 Å². The van der Waals surface area contributed by atoms with Gasteiger partial charge in [-0.15, -0.1) is 11.8 Å². The normalized spacial score (nSPS) is 10.8. The number of carbonyl (C=O) groups is 2. The second kappa shape index (κ2) is 8.75.